The molecular weight excluding hydrogens is 258 g/mol. The number of ether oxygens (including phenoxy) is 1. The minimum Gasteiger partial charge on any atom is -0.497 e. The van der Waals surface area contributed by atoms with E-state index in [-0.39, 0.29) is 6.04 Å². The second-order valence-electron chi connectivity index (χ2n) is 4.48. The Bertz CT molecular complexity index is 499. The molecule has 0 saturated heterocycles. The molecule has 0 aliphatic rings. The maximum Gasteiger partial charge on any atom is 0.119 e. The van der Waals surface area contributed by atoms with E-state index in [1.54, 1.807) is 18.4 Å². The number of methoxy groups -OCH3 is 1. The summed E-state index contributed by atoms with van der Waals surface area (Å²) >= 11 is 1.68. The molecule has 0 fully saturated rings. The monoisotopic (exact) mass is 277 g/mol. The topological polar surface area (TPSA) is 41.5 Å². The Morgan fingerprint density at radius 1 is 1.32 bits per heavy atom. The van der Waals surface area contributed by atoms with E-state index < -0.39 is 6.10 Å². The third kappa shape index (κ3) is 3.80. The molecule has 19 heavy (non-hydrogen) atoms. The van der Waals surface area contributed by atoms with Crippen LogP contribution in [0.2, 0.25) is 0 Å². The summed E-state index contributed by atoms with van der Waals surface area (Å²) in [6.45, 7) is 2.62. The third-order valence-corrected chi connectivity index (χ3v) is 3.84. The molecule has 0 bridgehead atoms. The van der Waals surface area contributed by atoms with E-state index in [2.05, 4.69) is 29.1 Å². The smallest absolute Gasteiger partial charge is 0.119 e. The van der Waals surface area contributed by atoms with Gasteiger partial charge >= 0.3 is 0 Å². The van der Waals surface area contributed by atoms with Gasteiger partial charge in [0, 0.05) is 12.6 Å². The van der Waals surface area contributed by atoms with Crippen molar-refractivity contribution in [3.63, 3.8) is 0 Å². The van der Waals surface area contributed by atoms with Gasteiger partial charge < -0.3 is 15.2 Å². The van der Waals surface area contributed by atoms with E-state index in [1.807, 2.05) is 24.3 Å². The summed E-state index contributed by atoms with van der Waals surface area (Å²) in [7, 11) is 1.63. The van der Waals surface area contributed by atoms with Crippen LogP contribution < -0.4 is 10.1 Å². The SMILES string of the molecule is COc1cccc([C@@H](O)CN[C@H](C)c2ccsc2)c1. The van der Waals surface area contributed by atoms with E-state index in [4.69, 9.17) is 4.74 Å². The molecule has 0 amide bonds. The minimum atomic E-state index is -0.531. The lowest BCUT2D eigenvalue weighted by atomic mass is 10.1. The van der Waals surface area contributed by atoms with Crippen LogP contribution in [0.1, 0.15) is 30.2 Å². The van der Waals surface area contributed by atoms with Gasteiger partial charge in [-0.25, -0.2) is 0 Å². The van der Waals surface area contributed by atoms with Crippen molar-refractivity contribution in [2.45, 2.75) is 19.1 Å². The van der Waals surface area contributed by atoms with E-state index in [0.717, 1.165) is 11.3 Å². The van der Waals surface area contributed by atoms with Crippen LogP contribution >= 0.6 is 11.3 Å². The zero-order valence-corrected chi connectivity index (χ0v) is 12.0. The van der Waals surface area contributed by atoms with E-state index in [9.17, 15) is 5.11 Å². The Balaban J connectivity index is 1.91. The predicted octanol–water partition coefficient (Wildman–Crippen LogP) is 3.14. The van der Waals surface area contributed by atoms with Gasteiger partial charge in [-0.3, -0.25) is 0 Å². The summed E-state index contributed by atoms with van der Waals surface area (Å²) in [4.78, 5) is 0. The van der Waals surface area contributed by atoms with Crippen LogP contribution in [-0.4, -0.2) is 18.8 Å². The van der Waals surface area contributed by atoms with Gasteiger partial charge in [-0.2, -0.15) is 11.3 Å². The molecule has 1 heterocycles. The Morgan fingerprint density at radius 2 is 2.16 bits per heavy atom. The first-order valence-electron chi connectivity index (χ1n) is 6.28. The van der Waals surface area contributed by atoms with Crippen molar-refractivity contribution < 1.29 is 9.84 Å². The second kappa shape index (κ2) is 6.70. The van der Waals surface area contributed by atoms with E-state index >= 15 is 0 Å². The molecule has 0 spiro atoms. The van der Waals surface area contributed by atoms with Gasteiger partial charge in [0.2, 0.25) is 0 Å². The molecule has 2 atom stereocenters. The zero-order chi connectivity index (χ0) is 13.7. The number of aliphatic hydroxyl groups excluding tert-OH is 1. The highest BCUT2D eigenvalue weighted by atomic mass is 32.1. The van der Waals surface area contributed by atoms with Crippen LogP contribution in [0.5, 0.6) is 5.75 Å². The molecular formula is C15H19NO2S. The largest absolute Gasteiger partial charge is 0.497 e. The number of thiophene rings is 1. The summed E-state index contributed by atoms with van der Waals surface area (Å²) in [6.07, 6.45) is -0.531. The molecule has 102 valence electrons. The van der Waals surface area contributed by atoms with Crippen LogP contribution in [-0.2, 0) is 0 Å². The molecule has 4 heteroatoms. The van der Waals surface area contributed by atoms with Crippen LogP contribution in [0.25, 0.3) is 0 Å². The summed E-state index contributed by atoms with van der Waals surface area (Å²) in [5.74, 6) is 0.766. The van der Waals surface area contributed by atoms with Crippen LogP contribution in [0.4, 0.5) is 0 Å². The quantitative estimate of drug-likeness (QED) is 0.852. The fraction of sp³-hybridized carbons (Fsp3) is 0.333. The minimum absolute atomic E-state index is 0.242. The van der Waals surface area contributed by atoms with Crippen molar-refractivity contribution >= 4 is 11.3 Å². The lowest BCUT2D eigenvalue weighted by Crippen LogP contribution is -2.24. The molecule has 2 N–H and O–H groups in total. The van der Waals surface area contributed by atoms with Gasteiger partial charge in [-0.05, 0) is 47.0 Å². The molecule has 2 rings (SSSR count). The van der Waals surface area contributed by atoms with Crippen LogP contribution in [0, 0.1) is 0 Å². The summed E-state index contributed by atoms with van der Waals surface area (Å²) in [5.41, 5.74) is 2.12. The van der Waals surface area contributed by atoms with Crippen molar-refractivity contribution in [2.24, 2.45) is 0 Å². The van der Waals surface area contributed by atoms with E-state index in [0.29, 0.717) is 6.54 Å². The standard InChI is InChI=1S/C15H19NO2S/c1-11(13-6-7-19-10-13)16-9-15(17)12-4-3-5-14(8-12)18-2/h3-8,10-11,15-17H,9H2,1-2H3/t11-,15+/m1/s1. The Morgan fingerprint density at radius 3 is 2.84 bits per heavy atom. The van der Waals surface area contributed by atoms with Gasteiger partial charge in [0.15, 0.2) is 0 Å². The number of aliphatic hydroxyl groups is 1. The van der Waals surface area contributed by atoms with Gasteiger partial charge in [-0.1, -0.05) is 12.1 Å². The third-order valence-electron chi connectivity index (χ3n) is 3.14. The Labute approximate surface area is 117 Å². The van der Waals surface area contributed by atoms with Crippen molar-refractivity contribution in [3.8, 4) is 5.75 Å². The van der Waals surface area contributed by atoms with Crippen LogP contribution in [0.15, 0.2) is 41.1 Å². The summed E-state index contributed by atoms with van der Waals surface area (Å²) in [5, 5.41) is 17.7. The first kappa shape index (κ1) is 14.1. The Kier molecular flexibility index (Phi) is 4.96. The average molecular weight is 277 g/mol. The highest BCUT2D eigenvalue weighted by Gasteiger charge is 2.11. The molecule has 1 aromatic carbocycles. The maximum atomic E-state index is 10.2. The first-order chi connectivity index (χ1) is 9.20. The molecule has 0 radical (unpaired) electrons. The molecule has 0 unspecified atom stereocenters. The van der Waals surface area contributed by atoms with E-state index in [1.165, 1.54) is 5.56 Å². The van der Waals surface area contributed by atoms with Gasteiger partial charge in [0.05, 0.1) is 13.2 Å². The van der Waals surface area contributed by atoms with Crippen molar-refractivity contribution in [3.05, 3.63) is 52.2 Å². The van der Waals surface area contributed by atoms with Gasteiger partial charge in [-0.15, -0.1) is 0 Å². The number of benzene rings is 1. The van der Waals surface area contributed by atoms with Crippen molar-refractivity contribution in [1.82, 2.24) is 5.32 Å². The fourth-order valence-electron chi connectivity index (χ4n) is 1.89. The lowest BCUT2D eigenvalue weighted by Gasteiger charge is -2.17. The normalized spacial score (nSPS) is 14.1. The predicted molar refractivity (Wildman–Crippen MR) is 78.7 cm³/mol. The molecule has 2 aromatic rings. The summed E-state index contributed by atoms with van der Waals surface area (Å²) in [6, 6.07) is 9.87. The van der Waals surface area contributed by atoms with Gasteiger partial charge in [0.25, 0.3) is 0 Å². The van der Waals surface area contributed by atoms with Crippen molar-refractivity contribution in [1.29, 1.82) is 0 Å². The average Bonchev–Trinajstić information content (AvgIpc) is 2.98. The highest BCUT2D eigenvalue weighted by molar-refractivity contribution is 7.07. The molecule has 3 nitrogen and oxygen atoms in total. The molecule has 0 aliphatic carbocycles. The summed E-state index contributed by atoms with van der Waals surface area (Å²) < 4.78 is 5.16. The maximum absolute atomic E-state index is 10.2. The number of nitrogens with one attached hydrogen (secondary N) is 1. The highest BCUT2D eigenvalue weighted by Crippen LogP contribution is 2.20. The van der Waals surface area contributed by atoms with Crippen molar-refractivity contribution in [2.75, 3.05) is 13.7 Å². The molecule has 0 saturated carbocycles. The lowest BCUT2D eigenvalue weighted by molar-refractivity contribution is 0.170. The van der Waals surface area contributed by atoms with Crippen LogP contribution in [0.3, 0.4) is 0 Å². The number of hydrogen-bond donors (Lipinski definition) is 2. The molecule has 0 aliphatic heterocycles. The number of rotatable bonds is 6. The molecule has 1 aromatic heterocycles. The zero-order valence-electron chi connectivity index (χ0n) is 11.2. The fourth-order valence-corrected chi connectivity index (χ4v) is 2.65. The second-order valence-corrected chi connectivity index (χ2v) is 5.26. The number of hydrogen-bond acceptors (Lipinski definition) is 4. The first-order valence-corrected chi connectivity index (χ1v) is 7.22. The van der Waals surface area contributed by atoms with Gasteiger partial charge in [0.1, 0.15) is 5.75 Å². The Hall–Kier alpha value is -1.36.